The standard InChI is InChI=1S/C15H19N2O3S/c1-13(12-21(19,20)11-7-6-10-16)15(18)17(2)14-8-4-3-5-9-14/h3-5,8-9H,6-7,11-12H2,1-2H3. The van der Waals surface area contributed by atoms with Gasteiger partial charge in [-0.05, 0) is 25.5 Å². The minimum Gasteiger partial charge on any atom is -0.315 e. The third kappa shape index (κ3) is 5.56. The Balaban J connectivity index is 2.65. The molecule has 1 aromatic carbocycles. The molecule has 0 N–H and O–H groups in total. The van der Waals surface area contributed by atoms with Gasteiger partial charge in [0.15, 0.2) is 9.84 Å². The SMILES string of the molecule is C[C](CS(=O)(=O)CCCC#N)C(=O)N(C)c1ccccc1. The summed E-state index contributed by atoms with van der Waals surface area (Å²) in [5, 5.41) is 8.42. The molecule has 0 bridgehead atoms. The molecule has 5 nitrogen and oxygen atoms in total. The summed E-state index contributed by atoms with van der Waals surface area (Å²) < 4.78 is 23.8. The predicted octanol–water partition coefficient (Wildman–Crippen LogP) is 1.96. The minimum absolute atomic E-state index is 0.0692. The first kappa shape index (κ1) is 17.2. The van der Waals surface area contributed by atoms with Crippen molar-refractivity contribution in [2.24, 2.45) is 0 Å². The van der Waals surface area contributed by atoms with Crippen molar-refractivity contribution in [3.63, 3.8) is 0 Å². The smallest absolute Gasteiger partial charge is 0.234 e. The van der Waals surface area contributed by atoms with Crippen molar-refractivity contribution in [3.05, 3.63) is 36.2 Å². The summed E-state index contributed by atoms with van der Waals surface area (Å²) in [5.74, 6) is -0.377. The van der Waals surface area contributed by atoms with Crippen molar-refractivity contribution in [1.29, 1.82) is 5.26 Å². The lowest BCUT2D eigenvalue weighted by Crippen LogP contribution is -2.34. The van der Waals surface area contributed by atoms with Gasteiger partial charge in [0.2, 0.25) is 5.91 Å². The maximum absolute atomic E-state index is 12.2. The Morgan fingerprint density at radius 1 is 1.29 bits per heavy atom. The lowest BCUT2D eigenvalue weighted by molar-refractivity contribution is -0.116. The lowest BCUT2D eigenvalue weighted by Gasteiger charge is -2.21. The molecule has 113 valence electrons. The maximum atomic E-state index is 12.2. The van der Waals surface area contributed by atoms with Crippen LogP contribution in [-0.2, 0) is 14.6 Å². The monoisotopic (exact) mass is 307 g/mol. The molecule has 1 rings (SSSR count). The predicted molar refractivity (Wildman–Crippen MR) is 82.3 cm³/mol. The zero-order valence-corrected chi connectivity index (χ0v) is 13.1. The highest BCUT2D eigenvalue weighted by atomic mass is 32.2. The maximum Gasteiger partial charge on any atom is 0.234 e. The molecule has 0 aliphatic rings. The number of nitriles is 1. The number of carbonyl (C=O) groups excluding carboxylic acids is 1. The largest absolute Gasteiger partial charge is 0.315 e. The second-order valence-electron chi connectivity index (χ2n) is 4.83. The van der Waals surface area contributed by atoms with Crippen LogP contribution in [0.25, 0.3) is 0 Å². The van der Waals surface area contributed by atoms with E-state index < -0.39 is 9.84 Å². The molecule has 1 amide bonds. The molecule has 0 unspecified atom stereocenters. The fraction of sp³-hybridized carbons (Fsp3) is 0.400. The molecule has 1 radical (unpaired) electrons. The van der Waals surface area contributed by atoms with E-state index in [1.165, 1.54) is 11.8 Å². The van der Waals surface area contributed by atoms with Crippen LogP contribution in [0.15, 0.2) is 30.3 Å². The molecule has 0 saturated carbocycles. The van der Waals surface area contributed by atoms with Crippen LogP contribution in [0, 0.1) is 17.2 Å². The van der Waals surface area contributed by atoms with Crippen LogP contribution in [0.4, 0.5) is 5.69 Å². The zero-order chi connectivity index (χ0) is 15.9. The van der Waals surface area contributed by atoms with E-state index >= 15 is 0 Å². The molecule has 0 saturated heterocycles. The van der Waals surface area contributed by atoms with E-state index in [2.05, 4.69) is 0 Å². The van der Waals surface area contributed by atoms with Crippen molar-refractivity contribution in [1.82, 2.24) is 0 Å². The van der Waals surface area contributed by atoms with Crippen LogP contribution in [0.3, 0.4) is 0 Å². The van der Waals surface area contributed by atoms with Gasteiger partial charge in [0.05, 0.1) is 23.5 Å². The van der Waals surface area contributed by atoms with Gasteiger partial charge in [0.25, 0.3) is 0 Å². The van der Waals surface area contributed by atoms with Crippen molar-refractivity contribution in [2.45, 2.75) is 19.8 Å². The van der Waals surface area contributed by atoms with Crippen molar-refractivity contribution >= 4 is 21.4 Å². The molecule has 0 atom stereocenters. The van der Waals surface area contributed by atoms with Gasteiger partial charge in [-0.25, -0.2) is 8.42 Å². The van der Waals surface area contributed by atoms with E-state index in [4.69, 9.17) is 5.26 Å². The highest BCUT2D eigenvalue weighted by Crippen LogP contribution is 2.16. The number of benzene rings is 1. The number of carbonyl (C=O) groups is 1. The van der Waals surface area contributed by atoms with Crippen LogP contribution in [-0.4, -0.2) is 32.9 Å². The van der Waals surface area contributed by atoms with Gasteiger partial charge in [-0.15, -0.1) is 0 Å². The topological polar surface area (TPSA) is 78.2 Å². The summed E-state index contributed by atoms with van der Waals surface area (Å²) in [6, 6.07) is 10.9. The second kappa shape index (κ2) is 7.79. The summed E-state index contributed by atoms with van der Waals surface area (Å²) in [6.45, 7) is 1.53. The summed E-state index contributed by atoms with van der Waals surface area (Å²) in [6.07, 6.45) is 0.505. The van der Waals surface area contributed by atoms with Crippen molar-refractivity contribution in [3.8, 4) is 6.07 Å². The lowest BCUT2D eigenvalue weighted by atomic mass is 10.2. The Hall–Kier alpha value is -1.87. The fourth-order valence-electron chi connectivity index (χ4n) is 1.89. The van der Waals surface area contributed by atoms with Crippen LogP contribution >= 0.6 is 0 Å². The molecule has 0 heterocycles. The number of rotatable bonds is 7. The number of hydrogen-bond donors (Lipinski definition) is 0. The van der Waals surface area contributed by atoms with Gasteiger partial charge >= 0.3 is 0 Å². The average Bonchev–Trinajstić information content (AvgIpc) is 2.46. The first-order valence-electron chi connectivity index (χ1n) is 6.60. The Labute approximate surface area is 126 Å². The Morgan fingerprint density at radius 2 is 1.90 bits per heavy atom. The van der Waals surface area contributed by atoms with Crippen molar-refractivity contribution in [2.75, 3.05) is 23.5 Å². The van der Waals surface area contributed by atoms with E-state index in [0.717, 1.165) is 0 Å². The van der Waals surface area contributed by atoms with E-state index in [1.807, 2.05) is 24.3 Å². The van der Waals surface area contributed by atoms with Gasteiger partial charge in [0.1, 0.15) is 0 Å². The summed E-state index contributed by atoms with van der Waals surface area (Å²) in [4.78, 5) is 13.7. The molecule has 0 spiro atoms. The first-order chi connectivity index (χ1) is 9.87. The number of hydrogen-bond acceptors (Lipinski definition) is 4. The highest BCUT2D eigenvalue weighted by molar-refractivity contribution is 7.91. The van der Waals surface area contributed by atoms with Crippen LogP contribution in [0.1, 0.15) is 19.8 Å². The van der Waals surface area contributed by atoms with Gasteiger partial charge in [-0.3, -0.25) is 4.79 Å². The number of anilines is 1. The Kier molecular flexibility index (Phi) is 6.38. The van der Waals surface area contributed by atoms with E-state index in [0.29, 0.717) is 12.1 Å². The number of nitrogens with zero attached hydrogens (tertiary/aromatic N) is 2. The fourth-order valence-corrected chi connectivity index (χ4v) is 3.40. The summed E-state index contributed by atoms with van der Waals surface area (Å²) in [7, 11) is -1.73. The highest BCUT2D eigenvalue weighted by Gasteiger charge is 2.25. The molecular weight excluding hydrogens is 288 g/mol. The molecule has 1 aromatic rings. The van der Waals surface area contributed by atoms with Gasteiger partial charge in [0, 0.05) is 19.2 Å². The number of unbranched alkanes of at least 4 members (excludes halogenated alkanes) is 1. The Bertz CT molecular complexity index is 606. The van der Waals surface area contributed by atoms with Gasteiger partial charge in [-0.1, -0.05) is 18.2 Å². The number of sulfone groups is 1. The third-order valence-electron chi connectivity index (χ3n) is 2.99. The normalized spacial score (nSPS) is 11.1. The molecular formula is C15H19N2O3S. The molecule has 0 aromatic heterocycles. The van der Waals surface area contributed by atoms with Crippen LogP contribution < -0.4 is 4.90 Å². The number of para-hydroxylation sites is 1. The van der Waals surface area contributed by atoms with Crippen LogP contribution in [0.2, 0.25) is 0 Å². The third-order valence-corrected chi connectivity index (χ3v) is 4.78. The first-order valence-corrected chi connectivity index (χ1v) is 8.42. The molecule has 0 aliphatic carbocycles. The van der Waals surface area contributed by atoms with E-state index in [1.54, 1.807) is 19.2 Å². The zero-order valence-electron chi connectivity index (χ0n) is 12.2. The summed E-state index contributed by atoms with van der Waals surface area (Å²) in [5.41, 5.74) is 0.712. The van der Waals surface area contributed by atoms with Gasteiger partial charge in [-0.2, -0.15) is 5.26 Å². The van der Waals surface area contributed by atoms with Crippen molar-refractivity contribution < 1.29 is 13.2 Å². The quantitative estimate of drug-likeness (QED) is 0.721. The van der Waals surface area contributed by atoms with E-state index in [9.17, 15) is 13.2 Å². The van der Waals surface area contributed by atoms with Crippen LogP contribution in [0.5, 0.6) is 0 Å². The average molecular weight is 307 g/mol. The summed E-state index contributed by atoms with van der Waals surface area (Å²) >= 11 is 0. The number of amides is 1. The Morgan fingerprint density at radius 3 is 2.48 bits per heavy atom. The molecule has 0 aliphatic heterocycles. The van der Waals surface area contributed by atoms with E-state index in [-0.39, 0.29) is 29.8 Å². The molecule has 0 fully saturated rings. The van der Waals surface area contributed by atoms with Gasteiger partial charge < -0.3 is 4.90 Å². The molecule has 21 heavy (non-hydrogen) atoms. The molecule has 6 heteroatoms. The second-order valence-corrected chi connectivity index (χ2v) is 7.02. The minimum atomic E-state index is -3.35.